The van der Waals surface area contributed by atoms with Crippen molar-refractivity contribution in [1.82, 2.24) is 10.2 Å². The number of halogens is 3. The first-order valence-electron chi connectivity index (χ1n) is 7.37. The molecule has 0 radical (unpaired) electrons. The van der Waals surface area contributed by atoms with Crippen LogP contribution in [0.2, 0.25) is 0 Å². The van der Waals surface area contributed by atoms with E-state index in [-0.39, 0.29) is 24.8 Å². The van der Waals surface area contributed by atoms with Crippen molar-refractivity contribution in [2.75, 3.05) is 26.2 Å². The van der Waals surface area contributed by atoms with Crippen molar-refractivity contribution >= 4 is 47.4 Å². The fourth-order valence-corrected chi connectivity index (χ4v) is 3.51. The fraction of sp³-hybridized carbons (Fsp3) is 0.625. The van der Waals surface area contributed by atoms with Crippen LogP contribution in [0.15, 0.2) is 24.3 Å². The Morgan fingerprint density at radius 3 is 2.29 bits per heavy atom. The van der Waals surface area contributed by atoms with Crippen LogP contribution in [-0.2, 0) is 0 Å². The molecule has 1 aliphatic heterocycles. The van der Waals surface area contributed by atoms with Gasteiger partial charge in [-0.05, 0) is 53.0 Å². The van der Waals surface area contributed by atoms with Crippen LogP contribution in [0.5, 0.6) is 0 Å². The minimum Gasteiger partial charge on any atom is -0.314 e. The summed E-state index contributed by atoms with van der Waals surface area (Å²) in [7, 11) is 0. The lowest BCUT2D eigenvalue weighted by Gasteiger charge is -2.36. The Morgan fingerprint density at radius 1 is 1.10 bits per heavy atom. The normalized spacial score (nSPS) is 17.0. The predicted octanol–water partition coefficient (Wildman–Crippen LogP) is 4.52. The summed E-state index contributed by atoms with van der Waals surface area (Å²) < 4.78 is 1.41. The molecular weight excluding hydrogens is 418 g/mol. The summed E-state index contributed by atoms with van der Waals surface area (Å²) in [5, 5.41) is 3.46. The van der Waals surface area contributed by atoms with Crippen LogP contribution in [-0.4, -0.2) is 31.1 Å². The zero-order valence-electron chi connectivity index (χ0n) is 12.8. The monoisotopic (exact) mass is 444 g/mol. The van der Waals surface area contributed by atoms with Gasteiger partial charge in [-0.1, -0.05) is 32.0 Å². The molecule has 1 fully saturated rings. The molecule has 0 aromatic heterocycles. The van der Waals surface area contributed by atoms with Crippen LogP contribution in [0.1, 0.15) is 38.3 Å². The highest BCUT2D eigenvalue weighted by Gasteiger charge is 2.23. The molecule has 1 N–H and O–H groups in total. The molecule has 2 rings (SSSR count). The quantitative estimate of drug-likeness (QED) is 0.671. The Kier molecular flexibility index (Phi) is 11.3. The third-order valence-corrected chi connectivity index (χ3v) is 4.86. The van der Waals surface area contributed by atoms with Crippen molar-refractivity contribution in [2.24, 2.45) is 5.92 Å². The van der Waals surface area contributed by atoms with E-state index in [1.165, 1.54) is 35.1 Å². The van der Waals surface area contributed by atoms with Crippen LogP contribution in [0, 0.1) is 9.49 Å². The Balaban J connectivity index is 0.00000200. The molecule has 0 spiro atoms. The summed E-state index contributed by atoms with van der Waals surface area (Å²) >= 11 is 2.49. The summed E-state index contributed by atoms with van der Waals surface area (Å²) in [6.45, 7) is 9.25. The smallest absolute Gasteiger partial charge is 0.0359 e. The molecule has 0 aliphatic carbocycles. The maximum Gasteiger partial charge on any atom is 0.0359 e. The molecule has 5 heteroatoms. The maximum absolute atomic E-state index is 3.46. The Morgan fingerprint density at radius 2 is 1.71 bits per heavy atom. The summed E-state index contributed by atoms with van der Waals surface area (Å²) in [6.07, 6.45) is 2.58. The van der Waals surface area contributed by atoms with Crippen molar-refractivity contribution in [1.29, 1.82) is 0 Å². The largest absolute Gasteiger partial charge is 0.314 e. The lowest BCUT2D eigenvalue weighted by molar-refractivity contribution is 0.159. The van der Waals surface area contributed by atoms with E-state index in [9.17, 15) is 0 Å². The lowest BCUT2D eigenvalue weighted by atomic mass is 9.96. The molecule has 1 aromatic rings. The molecule has 122 valence electrons. The van der Waals surface area contributed by atoms with E-state index in [1.54, 1.807) is 0 Å². The summed E-state index contributed by atoms with van der Waals surface area (Å²) in [5.74, 6) is 0.784. The maximum atomic E-state index is 3.46. The van der Waals surface area contributed by atoms with Gasteiger partial charge in [0.05, 0.1) is 0 Å². The second kappa shape index (κ2) is 11.1. The predicted molar refractivity (Wildman–Crippen MR) is 105 cm³/mol. The van der Waals surface area contributed by atoms with Gasteiger partial charge in [-0.3, -0.25) is 4.90 Å². The van der Waals surface area contributed by atoms with Crippen molar-refractivity contribution in [3.05, 3.63) is 33.4 Å². The Labute approximate surface area is 155 Å². The van der Waals surface area contributed by atoms with Crippen LogP contribution in [0.4, 0.5) is 0 Å². The van der Waals surface area contributed by atoms with Gasteiger partial charge in [-0.15, -0.1) is 24.8 Å². The highest BCUT2D eigenvalue weighted by atomic mass is 127. The van der Waals surface area contributed by atoms with Gasteiger partial charge in [0.15, 0.2) is 0 Å². The zero-order chi connectivity index (χ0) is 13.7. The van der Waals surface area contributed by atoms with E-state index in [0.717, 1.165) is 19.0 Å². The van der Waals surface area contributed by atoms with Crippen molar-refractivity contribution in [3.8, 4) is 0 Å². The molecular formula is C16H27Cl2IN2. The van der Waals surface area contributed by atoms with E-state index in [2.05, 4.69) is 70.9 Å². The lowest BCUT2D eigenvalue weighted by Crippen LogP contribution is -2.45. The number of rotatable bonds is 5. The SMILES string of the molecule is CC(C)CC[C@@H](c1ccccc1I)N1CCNCC1.Cl.Cl. The molecule has 0 bridgehead atoms. The van der Waals surface area contributed by atoms with Crippen LogP contribution >= 0.6 is 47.4 Å². The minimum absolute atomic E-state index is 0. The molecule has 1 aromatic carbocycles. The van der Waals surface area contributed by atoms with Gasteiger partial charge in [-0.2, -0.15) is 0 Å². The number of nitrogens with zero attached hydrogens (tertiary/aromatic N) is 1. The van der Waals surface area contributed by atoms with Gasteiger partial charge in [0.1, 0.15) is 0 Å². The number of nitrogens with one attached hydrogen (secondary N) is 1. The van der Waals surface area contributed by atoms with E-state index in [1.807, 2.05) is 0 Å². The van der Waals surface area contributed by atoms with E-state index in [0.29, 0.717) is 6.04 Å². The van der Waals surface area contributed by atoms with Crippen LogP contribution in [0.25, 0.3) is 0 Å². The average molecular weight is 445 g/mol. The van der Waals surface area contributed by atoms with E-state index >= 15 is 0 Å². The number of piperazine rings is 1. The molecule has 0 saturated carbocycles. The summed E-state index contributed by atoms with van der Waals surface area (Å²) in [6, 6.07) is 9.47. The van der Waals surface area contributed by atoms with Crippen LogP contribution < -0.4 is 5.32 Å². The summed E-state index contributed by atoms with van der Waals surface area (Å²) in [4.78, 5) is 2.66. The first-order chi connectivity index (χ1) is 9.18. The number of benzene rings is 1. The topological polar surface area (TPSA) is 15.3 Å². The van der Waals surface area contributed by atoms with Crippen molar-refractivity contribution in [3.63, 3.8) is 0 Å². The first kappa shape index (κ1) is 21.4. The molecule has 21 heavy (non-hydrogen) atoms. The van der Waals surface area contributed by atoms with Crippen molar-refractivity contribution < 1.29 is 0 Å². The molecule has 1 aliphatic rings. The van der Waals surface area contributed by atoms with Gasteiger partial charge in [0.25, 0.3) is 0 Å². The molecule has 1 heterocycles. The zero-order valence-corrected chi connectivity index (χ0v) is 16.6. The summed E-state index contributed by atoms with van der Waals surface area (Å²) in [5.41, 5.74) is 1.52. The highest BCUT2D eigenvalue weighted by Crippen LogP contribution is 2.30. The fourth-order valence-electron chi connectivity index (χ4n) is 2.77. The van der Waals surface area contributed by atoms with Gasteiger partial charge in [0, 0.05) is 35.8 Å². The first-order valence-corrected chi connectivity index (χ1v) is 8.45. The van der Waals surface area contributed by atoms with E-state index in [4.69, 9.17) is 0 Å². The second-order valence-corrected chi connectivity index (χ2v) is 6.96. The third-order valence-electron chi connectivity index (χ3n) is 3.87. The Bertz CT molecular complexity index is 396. The van der Waals surface area contributed by atoms with Crippen molar-refractivity contribution in [2.45, 2.75) is 32.7 Å². The third kappa shape index (κ3) is 6.61. The molecule has 2 nitrogen and oxygen atoms in total. The van der Waals surface area contributed by atoms with Gasteiger partial charge < -0.3 is 5.32 Å². The standard InChI is InChI=1S/C16H25IN2.2ClH/c1-13(2)7-8-16(19-11-9-18-10-12-19)14-5-3-4-6-15(14)17;;/h3-6,13,16,18H,7-12H2,1-2H3;2*1H/t16-;;/m0../s1. The Hall–Kier alpha value is 0.450. The molecule has 1 saturated heterocycles. The highest BCUT2D eigenvalue weighted by molar-refractivity contribution is 14.1. The second-order valence-electron chi connectivity index (χ2n) is 5.79. The average Bonchev–Trinajstić information content (AvgIpc) is 2.42. The van der Waals surface area contributed by atoms with Gasteiger partial charge >= 0.3 is 0 Å². The number of hydrogen-bond donors (Lipinski definition) is 1. The molecule has 1 atom stereocenters. The molecule has 0 amide bonds. The van der Waals surface area contributed by atoms with Crippen LogP contribution in [0.3, 0.4) is 0 Å². The minimum atomic E-state index is 0. The van der Waals surface area contributed by atoms with Gasteiger partial charge in [0.2, 0.25) is 0 Å². The number of hydrogen-bond acceptors (Lipinski definition) is 2. The van der Waals surface area contributed by atoms with E-state index < -0.39 is 0 Å². The van der Waals surface area contributed by atoms with Gasteiger partial charge in [-0.25, -0.2) is 0 Å². The molecule has 0 unspecified atom stereocenters.